The Morgan fingerprint density at radius 2 is 2.20 bits per heavy atom. The third kappa shape index (κ3) is 3.16. The summed E-state index contributed by atoms with van der Waals surface area (Å²) >= 11 is 0. The van der Waals surface area contributed by atoms with Crippen LogP contribution in [-0.4, -0.2) is 54.2 Å². The summed E-state index contributed by atoms with van der Waals surface area (Å²) in [5.41, 5.74) is 0.807. The Balaban J connectivity index is 1.55. The van der Waals surface area contributed by atoms with E-state index in [0.717, 1.165) is 25.4 Å². The smallest absolute Gasteiger partial charge is 0.226 e. The number of nitrogens with zero attached hydrogens (tertiary/aromatic N) is 2. The second kappa shape index (κ2) is 6.33. The molecule has 1 N–H and O–H groups in total. The molecule has 2 aliphatic heterocycles. The lowest BCUT2D eigenvalue weighted by molar-refractivity contribution is -0.121. The molecule has 0 aromatic carbocycles. The van der Waals surface area contributed by atoms with E-state index in [1.54, 1.807) is 6.20 Å². The Bertz CT molecular complexity index is 446. The van der Waals surface area contributed by atoms with E-state index in [2.05, 4.69) is 15.2 Å². The molecule has 1 amide bonds. The van der Waals surface area contributed by atoms with Crippen molar-refractivity contribution in [3.8, 4) is 0 Å². The van der Waals surface area contributed by atoms with E-state index in [9.17, 15) is 4.79 Å². The second-order valence-corrected chi connectivity index (χ2v) is 5.52. The molecular formula is C15H21N3O2. The predicted molar refractivity (Wildman–Crippen MR) is 75.3 cm³/mol. The van der Waals surface area contributed by atoms with Crippen LogP contribution < -0.4 is 5.32 Å². The van der Waals surface area contributed by atoms with Crippen molar-refractivity contribution in [2.24, 2.45) is 0 Å². The van der Waals surface area contributed by atoms with Crippen LogP contribution >= 0.6 is 0 Å². The zero-order valence-electron chi connectivity index (χ0n) is 11.6. The van der Waals surface area contributed by atoms with E-state index >= 15 is 0 Å². The molecule has 0 aliphatic carbocycles. The highest BCUT2D eigenvalue weighted by atomic mass is 16.5. The van der Waals surface area contributed by atoms with Gasteiger partial charge >= 0.3 is 0 Å². The monoisotopic (exact) mass is 275 g/mol. The first-order chi connectivity index (χ1) is 9.83. The molecule has 2 aliphatic rings. The third-order valence-electron chi connectivity index (χ3n) is 4.07. The number of hydrogen-bond donors (Lipinski definition) is 1. The molecule has 2 saturated heterocycles. The molecule has 0 saturated carbocycles. The maximum absolute atomic E-state index is 12.1. The average Bonchev–Trinajstić information content (AvgIpc) is 3.10. The topological polar surface area (TPSA) is 54.5 Å². The number of ether oxygens (including phenoxy) is 1. The van der Waals surface area contributed by atoms with E-state index < -0.39 is 0 Å². The van der Waals surface area contributed by atoms with Crippen LogP contribution in [0, 0.1) is 0 Å². The van der Waals surface area contributed by atoms with Crippen molar-refractivity contribution in [2.45, 2.75) is 31.3 Å². The van der Waals surface area contributed by atoms with Gasteiger partial charge in [0.15, 0.2) is 0 Å². The lowest BCUT2D eigenvalue weighted by atomic mass is 10.1. The lowest BCUT2D eigenvalue weighted by Gasteiger charge is -2.27. The van der Waals surface area contributed by atoms with Crippen LogP contribution in [0.2, 0.25) is 0 Å². The minimum absolute atomic E-state index is 0.0309. The van der Waals surface area contributed by atoms with E-state index in [-0.39, 0.29) is 11.9 Å². The molecule has 1 aromatic heterocycles. The Hall–Kier alpha value is -1.46. The molecular weight excluding hydrogens is 254 g/mol. The van der Waals surface area contributed by atoms with E-state index in [4.69, 9.17) is 4.74 Å². The van der Waals surface area contributed by atoms with Crippen LogP contribution in [0.1, 0.15) is 18.5 Å². The van der Waals surface area contributed by atoms with E-state index in [0.29, 0.717) is 19.1 Å². The third-order valence-corrected chi connectivity index (χ3v) is 4.07. The number of likely N-dealkylation sites (tertiary alicyclic amines) is 1. The molecule has 5 nitrogen and oxygen atoms in total. The van der Waals surface area contributed by atoms with E-state index in [1.165, 1.54) is 12.8 Å². The number of aromatic nitrogens is 1. The largest absolute Gasteiger partial charge is 0.378 e. The molecule has 3 rings (SSSR count). The van der Waals surface area contributed by atoms with Crippen LogP contribution in [0.25, 0.3) is 0 Å². The van der Waals surface area contributed by atoms with Gasteiger partial charge in [-0.1, -0.05) is 6.07 Å². The van der Waals surface area contributed by atoms with Gasteiger partial charge in [0, 0.05) is 11.9 Å². The van der Waals surface area contributed by atoms with Crippen molar-refractivity contribution in [2.75, 3.05) is 26.3 Å². The fraction of sp³-hybridized carbons (Fsp3) is 0.600. The summed E-state index contributed by atoms with van der Waals surface area (Å²) in [7, 11) is 0. The van der Waals surface area contributed by atoms with Gasteiger partial charge in [0.05, 0.1) is 31.7 Å². The van der Waals surface area contributed by atoms with Gasteiger partial charge in [0.2, 0.25) is 5.91 Å². The molecule has 108 valence electrons. The molecule has 0 bridgehead atoms. The summed E-state index contributed by atoms with van der Waals surface area (Å²) in [5.74, 6) is 0.0309. The Morgan fingerprint density at radius 3 is 2.95 bits per heavy atom. The summed E-state index contributed by atoms with van der Waals surface area (Å²) < 4.78 is 5.56. The SMILES string of the molecule is O=C(Cc1ccccn1)N[C@H]1COC[C@@H]1N1CCCC1. The Kier molecular flexibility index (Phi) is 4.28. The van der Waals surface area contributed by atoms with Gasteiger partial charge in [-0.05, 0) is 38.1 Å². The molecule has 0 radical (unpaired) electrons. The van der Waals surface area contributed by atoms with Gasteiger partial charge in [0.1, 0.15) is 0 Å². The molecule has 5 heteroatoms. The normalized spacial score (nSPS) is 26.8. The molecule has 20 heavy (non-hydrogen) atoms. The first-order valence-electron chi connectivity index (χ1n) is 7.34. The number of rotatable bonds is 4. The minimum Gasteiger partial charge on any atom is -0.378 e. The summed E-state index contributed by atoms with van der Waals surface area (Å²) in [5, 5.41) is 3.11. The maximum atomic E-state index is 12.1. The quantitative estimate of drug-likeness (QED) is 0.874. The van der Waals surface area contributed by atoms with Crippen LogP contribution in [0.15, 0.2) is 24.4 Å². The Morgan fingerprint density at radius 1 is 1.35 bits per heavy atom. The van der Waals surface area contributed by atoms with Crippen molar-refractivity contribution in [3.63, 3.8) is 0 Å². The van der Waals surface area contributed by atoms with Crippen LogP contribution in [-0.2, 0) is 16.0 Å². The van der Waals surface area contributed by atoms with Gasteiger partial charge < -0.3 is 10.1 Å². The molecule has 2 atom stereocenters. The summed E-state index contributed by atoms with van der Waals surface area (Å²) in [4.78, 5) is 18.7. The van der Waals surface area contributed by atoms with Gasteiger partial charge in [0.25, 0.3) is 0 Å². The van der Waals surface area contributed by atoms with Crippen LogP contribution in [0.4, 0.5) is 0 Å². The molecule has 0 spiro atoms. The van der Waals surface area contributed by atoms with Crippen molar-refractivity contribution in [1.29, 1.82) is 0 Å². The number of amides is 1. The van der Waals surface area contributed by atoms with Crippen molar-refractivity contribution < 1.29 is 9.53 Å². The number of pyridine rings is 1. The molecule has 0 unspecified atom stereocenters. The minimum atomic E-state index is 0.0309. The molecule has 3 heterocycles. The summed E-state index contributed by atoms with van der Waals surface area (Å²) in [6.07, 6.45) is 4.56. The fourth-order valence-electron chi connectivity index (χ4n) is 3.04. The van der Waals surface area contributed by atoms with Gasteiger partial charge in [-0.3, -0.25) is 14.7 Å². The van der Waals surface area contributed by atoms with E-state index in [1.807, 2.05) is 18.2 Å². The summed E-state index contributed by atoms with van der Waals surface area (Å²) in [6.45, 7) is 3.60. The number of carbonyl (C=O) groups is 1. The maximum Gasteiger partial charge on any atom is 0.226 e. The van der Waals surface area contributed by atoms with Crippen LogP contribution in [0.3, 0.4) is 0 Å². The van der Waals surface area contributed by atoms with Crippen LogP contribution in [0.5, 0.6) is 0 Å². The number of hydrogen-bond acceptors (Lipinski definition) is 4. The van der Waals surface area contributed by atoms with Crippen molar-refractivity contribution >= 4 is 5.91 Å². The fourth-order valence-corrected chi connectivity index (χ4v) is 3.04. The Labute approximate surface area is 119 Å². The standard InChI is InChI=1S/C15H21N3O2/c19-15(9-12-5-1-2-6-16-12)17-13-10-20-11-14(13)18-7-3-4-8-18/h1-2,5-6,13-14H,3-4,7-11H2,(H,17,19)/t13-,14-/m0/s1. The highest BCUT2D eigenvalue weighted by Crippen LogP contribution is 2.19. The zero-order valence-corrected chi connectivity index (χ0v) is 11.6. The zero-order chi connectivity index (χ0) is 13.8. The highest BCUT2D eigenvalue weighted by molar-refractivity contribution is 5.78. The number of carbonyl (C=O) groups excluding carboxylic acids is 1. The molecule has 1 aromatic rings. The van der Waals surface area contributed by atoms with Gasteiger partial charge in [-0.2, -0.15) is 0 Å². The van der Waals surface area contributed by atoms with Crippen molar-refractivity contribution in [3.05, 3.63) is 30.1 Å². The first kappa shape index (κ1) is 13.5. The summed E-state index contributed by atoms with van der Waals surface area (Å²) in [6, 6.07) is 6.09. The predicted octanol–water partition coefficient (Wildman–Crippen LogP) is 0.603. The first-order valence-corrected chi connectivity index (χ1v) is 7.34. The van der Waals surface area contributed by atoms with Crippen molar-refractivity contribution in [1.82, 2.24) is 15.2 Å². The number of nitrogens with one attached hydrogen (secondary N) is 1. The highest BCUT2D eigenvalue weighted by Gasteiger charge is 2.35. The van der Waals surface area contributed by atoms with Gasteiger partial charge in [-0.25, -0.2) is 0 Å². The second-order valence-electron chi connectivity index (χ2n) is 5.52. The molecule has 2 fully saturated rings. The lowest BCUT2D eigenvalue weighted by Crippen LogP contribution is -2.50. The average molecular weight is 275 g/mol. The van der Waals surface area contributed by atoms with Gasteiger partial charge in [-0.15, -0.1) is 0 Å².